The molecule has 4 nitrogen and oxygen atoms in total. The summed E-state index contributed by atoms with van der Waals surface area (Å²) >= 11 is 0. The topological polar surface area (TPSA) is 51.5 Å². The minimum Gasteiger partial charge on any atom is -0.493 e. The molecule has 0 N–H and O–H groups in total. The number of hydrogen-bond donors (Lipinski definition) is 0. The lowest BCUT2D eigenvalue weighted by atomic mass is 10.0. The molecule has 0 saturated heterocycles. The molecule has 4 aromatic rings. The van der Waals surface area contributed by atoms with Crippen molar-refractivity contribution < 1.29 is 18.6 Å². The largest absolute Gasteiger partial charge is 0.493 e. The van der Waals surface area contributed by atoms with Crippen molar-refractivity contribution in [3.8, 4) is 34.4 Å². The molecule has 194 valence electrons. The number of halogens is 1. The molecule has 0 saturated carbocycles. The first-order chi connectivity index (χ1) is 18.6. The van der Waals surface area contributed by atoms with Gasteiger partial charge in [-0.2, -0.15) is 5.26 Å². The molecule has 38 heavy (non-hydrogen) atoms. The summed E-state index contributed by atoms with van der Waals surface area (Å²) in [6, 6.07) is 32.0. The van der Waals surface area contributed by atoms with Crippen LogP contribution in [0, 0.1) is 23.1 Å². The van der Waals surface area contributed by atoms with Gasteiger partial charge in [0, 0.05) is 17.5 Å². The quantitative estimate of drug-likeness (QED) is 0.193. The Morgan fingerprint density at radius 1 is 0.789 bits per heavy atom. The van der Waals surface area contributed by atoms with E-state index in [0.717, 1.165) is 34.4 Å². The van der Waals surface area contributed by atoms with Crippen molar-refractivity contribution >= 4 is 0 Å². The van der Waals surface area contributed by atoms with Crippen molar-refractivity contribution in [2.24, 2.45) is 5.92 Å². The average molecular weight is 510 g/mol. The highest BCUT2D eigenvalue weighted by Gasteiger charge is 2.13. The Labute approximate surface area is 224 Å². The molecule has 0 bridgehead atoms. The molecule has 0 aromatic heterocycles. The maximum Gasteiger partial charge on any atom is 0.131 e. The third-order valence-corrected chi connectivity index (χ3v) is 6.45. The van der Waals surface area contributed by atoms with Gasteiger partial charge in [0.05, 0.1) is 25.2 Å². The summed E-state index contributed by atoms with van der Waals surface area (Å²) in [6.45, 7) is 5.39. The lowest BCUT2D eigenvalue weighted by molar-refractivity contribution is 0.172. The first kappa shape index (κ1) is 26.8. The van der Waals surface area contributed by atoms with Crippen molar-refractivity contribution in [2.45, 2.75) is 32.8 Å². The summed E-state index contributed by atoms with van der Waals surface area (Å²) in [4.78, 5) is 0. The normalized spacial score (nSPS) is 12.3. The highest BCUT2D eigenvalue weighted by Crippen LogP contribution is 2.34. The van der Waals surface area contributed by atoms with Gasteiger partial charge in [-0.1, -0.05) is 61.5 Å². The van der Waals surface area contributed by atoms with E-state index < -0.39 is 0 Å². The average Bonchev–Trinajstić information content (AvgIpc) is 2.97. The van der Waals surface area contributed by atoms with Gasteiger partial charge < -0.3 is 14.2 Å². The molecule has 0 spiro atoms. The van der Waals surface area contributed by atoms with Crippen LogP contribution in [0.2, 0.25) is 0 Å². The molecule has 2 unspecified atom stereocenters. The highest BCUT2D eigenvalue weighted by molar-refractivity contribution is 5.71. The fourth-order valence-electron chi connectivity index (χ4n) is 3.98. The summed E-state index contributed by atoms with van der Waals surface area (Å²) in [7, 11) is 0. The lowest BCUT2D eigenvalue weighted by Crippen LogP contribution is -2.19. The van der Waals surface area contributed by atoms with E-state index in [2.05, 4.69) is 13.0 Å². The van der Waals surface area contributed by atoms with Crippen LogP contribution in [0.3, 0.4) is 0 Å². The maximum atomic E-state index is 13.5. The van der Waals surface area contributed by atoms with Crippen LogP contribution in [-0.4, -0.2) is 13.2 Å². The number of nitriles is 1. The van der Waals surface area contributed by atoms with Crippen molar-refractivity contribution in [1.82, 2.24) is 0 Å². The predicted octanol–water partition coefficient (Wildman–Crippen LogP) is 8.18. The van der Waals surface area contributed by atoms with Crippen LogP contribution in [-0.2, 0) is 6.61 Å². The van der Waals surface area contributed by atoms with E-state index in [1.165, 1.54) is 12.1 Å². The second kappa shape index (κ2) is 13.3. The zero-order chi connectivity index (χ0) is 26.7. The molecule has 0 heterocycles. The Bertz CT molecular complexity index is 1350. The molecule has 0 aliphatic rings. The molecular formula is C33H32FNO3. The summed E-state index contributed by atoms with van der Waals surface area (Å²) in [5.74, 6) is 1.84. The second-order valence-corrected chi connectivity index (χ2v) is 9.26. The number of nitrogens with zero attached hydrogens (tertiary/aromatic N) is 1. The Kier molecular flexibility index (Phi) is 9.37. The van der Waals surface area contributed by atoms with Crippen molar-refractivity contribution in [1.29, 1.82) is 5.26 Å². The van der Waals surface area contributed by atoms with Crippen LogP contribution in [0.5, 0.6) is 17.2 Å². The molecule has 5 heteroatoms. The fourth-order valence-corrected chi connectivity index (χ4v) is 3.98. The van der Waals surface area contributed by atoms with E-state index in [1.807, 2.05) is 79.7 Å². The van der Waals surface area contributed by atoms with Crippen molar-refractivity contribution in [3.05, 3.63) is 114 Å². The smallest absolute Gasteiger partial charge is 0.131 e. The molecule has 0 radical (unpaired) electrons. The highest BCUT2D eigenvalue weighted by atomic mass is 19.1. The standard InChI is InChI=1S/C33H32FNO3/c1-3-25(21-36-30-11-7-10-28(18-30)24(2)20-35)22-37-31-16-17-32(27-12-14-29(34)15-13-27)33(19-31)38-23-26-8-5-4-6-9-26/h4-19,24-25H,3,21-23H2,1-2H3. The fraction of sp³-hybridized carbons (Fsp3) is 0.242. The molecule has 0 amide bonds. The molecule has 2 atom stereocenters. The Balaban J connectivity index is 1.44. The molecule has 4 rings (SSSR count). The SMILES string of the molecule is CCC(COc1cccc(C(C)C#N)c1)COc1ccc(-c2ccc(F)cc2)c(OCc2ccccc2)c1. The zero-order valence-electron chi connectivity index (χ0n) is 21.8. The van der Waals surface area contributed by atoms with Crippen LogP contribution in [0.1, 0.15) is 37.3 Å². The van der Waals surface area contributed by atoms with Crippen LogP contribution >= 0.6 is 0 Å². The molecule has 0 aliphatic carbocycles. The summed E-state index contributed by atoms with van der Waals surface area (Å²) < 4.78 is 31.9. The third-order valence-electron chi connectivity index (χ3n) is 6.45. The minimum absolute atomic E-state index is 0.178. The third kappa shape index (κ3) is 7.36. The van der Waals surface area contributed by atoms with Gasteiger partial charge in [0.25, 0.3) is 0 Å². The molecule has 0 fully saturated rings. The zero-order valence-corrected chi connectivity index (χ0v) is 21.8. The van der Waals surface area contributed by atoms with Crippen LogP contribution < -0.4 is 14.2 Å². The monoisotopic (exact) mass is 509 g/mol. The van der Waals surface area contributed by atoms with Gasteiger partial charge in [-0.05, 0) is 66.4 Å². The van der Waals surface area contributed by atoms with Crippen LogP contribution in [0.15, 0.2) is 97.1 Å². The molecular weight excluding hydrogens is 477 g/mol. The van der Waals surface area contributed by atoms with Gasteiger partial charge >= 0.3 is 0 Å². The number of benzene rings is 4. The Hall–Kier alpha value is -4.30. The van der Waals surface area contributed by atoms with E-state index in [1.54, 1.807) is 12.1 Å². The van der Waals surface area contributed by atoms with Gasteiger partial charge in [-0.15, -0.1) is 0 Å². The summed E-state index contributed by atoms with van der Waals surface area (Å²) in [6.07, 6.45) is 0.888. The maximum absolute atomic E-state index is 13.5. The van der Waals surface area contributed by atoms with Crippen LogP contribution in [0.25, 0.3) is 11.1 Å². The van der Waals surface area contributed by atoms with E-state index in [4.69, 9.17) is 14.2 Å². The van der Waals surface area contributed by atoms with E-state index in [-0.39, 0.29) is 17.7 Å². The Morgan fingerprint density at radius 3 is 2.18 bits per heavy atom. The number of rotatable bonds is 12. The number of ether oxygens (including phenoxy) is 3. The first-order valence-corrected chi connectivity index (χ1v) is 12.9. The lowest BCUT2D eigenvalue weighted by Gasteiger charge is -2.19. The Morgan fingerprint density at radius 2 is 1.50 bits per heavy atom. The van der Waals surface area contributed by atoms with E-state index in [0.29, 0.717) is 31.3 Å². The van der Waals surface area contributed by atoms with Gasteiger partial charge in [-0.3, -0.25) is 0 Å². The minimum atomic E-state index is -0.278. The van der Waals surface area contributed by atoms with Gasteiger partial charge in [-0.25, -0.2) is 4.39 Å². The number of hydrogen-bond acceptors (Lipinski definition) is 4. The molecule has 0 aliphatic heterocycles. The second-order valence-electron chi connectivity index (χ2n) is 9.26. The first-order valence-electron chi connectivity index (χ1n) is 12.9. The predicted molar refractivity (Wildman–Crippen MR) is 148 cm³/mol. The van der Waals surface area contributed by atoms with Gasteiger partial charge in [0.1, 0.15) is 29.7 Å². The van der Waals surface area contributed by atoms with Crippen LogP contribution in [0.4, 0.5) is 4.39 Å². The van der Waals surface area contributed by atoms with Crippen molar-refractivity contribution in [3.63, 3.8) is 0 Å². The van der Waals surface area contributed by atoms with Gasteiger partial charge in [0.15, 0.2) is 0 Å². The van der Waals surface area contributed by atoms with Crippen molar-refractivity contribution in [2.75, 3.05) is 13.2 Å². The van der Waals surface area contributed by atoms with E-state index >= 15 is 0 Å². The summed E-state index contributed by atoms with van der Waals surface area (Å²) in [5, 5.41) is 9.19. The molecule has 4 aromatic carbocycles. The van der Waals surface area contributed by atoms with E-state index in [9.17, 15) is 9.65 Å². The van der Waals surface area contributed by atoms with Gasteiger partial charge in [0.2, 0.25) is 0 Å². The summed E-state index contributed by atoms with van der Waals surface area (Å²) in [5.41, 5.74) is 3.74.